The number of nitrogens with one attached hydrogen (secondary N) is 1. The molecular weight excluding hydrogens is 197 g/mol. The normalized spacial score (nSPS) is 10.3. The molecule has 4 heteroatoms. The molecule has 0 amide bonds. The quantitative estimate of drug-likeness (QED) is 0.732. The van der Waals surface area contributed by atoms with Crippen LogP contribution in [-0.2, 0) is 11.3 Å². The average Bonchev–Trinajstić information content (AvgIpc) is 2.25. The van der Waals surface area contributed by atoms with Crippen LogP contribution in [0.5, 0.6) is 5.75 Å². The smallest absolute Gasteiger partial charge is 0.188 e. The molecule has 84 valence electrons. The van der Waals surface area contributed by atoms with Gasteiger partial charge in [-0.3, -0.25) is 0 Å². The van der Waals surface area contributed by atoms with Crippen LogP contribution in [0.3, 0.4) is 0 Å². The molecule has 3 nitrogen and oxygen atoms in total. The summed E-state index contributed by atoms with van der Waals surface area (Å²) in [4.78, 5) is 0. The molecule has 1 aromatic carbocycles. The standard InChI is InChI=1S/C11H16FNO2/c1-3-13-7-9-6-10(12)4-5-11(9)15-8-14-2/h4-6,13H,3,7-8H2,1-2H3. The van der Waals surface area contributed by atoms with Gasteiger partial charge in [0.25, 0.3) is 0 Å². The van der Waals surface area contributed by atoms with Crippen molar-refractivity contribution >= 4 is 0 Å². The lowest BCUT2D eigenvalue weighted by Gasteiger charge is -2.11. The van der Waals surface area contributed by atoms with Gasteiger partial charge in [0.2, 0.25) is 0 Å². The Hall–Kier alpha value is -1.13. The van der Waals surface area contributed by atoms with E-state index in [9.17, 15) is 4.39 Å². The molecule has 0 aliphatic heterocycles. The number of methoxy groups -OCH3 is 1. The molecule has 1 aromatic rings. The van der Waals surface area contributed by atoms with Gasteiger partial charge in [-0.15, -0.1) is 0 Å². The first-order valence-electron chi connectivity index (χ1n) is 4.88. The molecule has 0 aliphatic rings. The second-order valence-corrected chi connectivity index (χ2v) is 3.08. The molecule has 0 heterocycles. The third kappa shape index (κ3) is 3.85. The summed E-state index contributed by atoms with van der Waals surface area (Å²) in [7, 11) is 1.55. The van der Waals surface area contributed by atoms with Crippen LogP contribution in [0.15, 0.2) is 18.2 Å². The van der Waals surface area contributed by atoms with E-state index in [1.807, 2.05) is 6.92 Å². The highest BCUT2D eigenvalue weighted by molar-refractivity contribution is 5.33. The summed E-state index contributed by atoms with van der Waals surface area (Å²) in [6, 6.07) is 4.45. The fourth-order valence-corrected chi connectivity index (χ4v) is 1.21. The summed E-state index contributed by atoms with van der Waals surface area (Å²) >= 11 is 0. The first-order chi connectivity index (χ1) is 7.27. The molecule has 0 saturated heterocycles. The Morgan fingerprint density at radius 2 is 2.20 bits per heavy atom. The molecule has 15 heavy (non-hydrogen) atoms. The van der Waals surface area contributed by atoms with E-state index in [0.717, 1.165) is 12.1 Å². The van der Waals surface area contributed by atoms with Gasteiger partial charge in [-0.1, -0.05) is 6.92 Å². The van der Waals surface area contributed by atoms with E-state index < -0.39 is 0 Å². The summed E-state index contributed by atoms with van der Waals surface area (Å²) in [5, 5.41) is 3.12. The lowest BCUT2D eigenvalue weighted by molar-refractivity contribution is 0.0503. The van der Waals surface area contributed by atoms with Crippen LogP contribution < -0.4 is 10.1 Å². The van der Waals surface area contributed by atoms with Crippen LogP contribution in [0.1, 0.15) is 12.5 Å². The zero-order valence-corrected chi connectivity index (χ0v) is 9.05. The van der Waals surface area contributed by atoms with Crippen molar-refractivity contribution in [1.82, 2.24) is 5.32 Å². The first kappa shape index (κ1) is 11.9. The second kappa shape index (κ2) is 6.37. The van der Waals surface area contributed by atoms with Crippen molar-refractivity contribution in [2.75, 3.05) is 20.4 Å². The van der Waals surface area contributed by atoms with Crippen molar-refractivity contribution in [3.63, 3.8) is 0 Å². The Labute approximate surface area is 89.2 Å². The molecule has 0 spiro atoms. The van der Waals surface area contributed by atoms with Gasteiger partial charge in [-0.25, -0.2) is 4.39 Å². The topological polar surface area (TPSA) is 30.5 Å². The van der Waals surface area contributed by atoms with Crippen LogP contribution in [0, 0.1) is 5.82 Å². The van der Waals surface area contributed by atoms with E-state index in [4.69, 9.17) is 9.47 Å². The zero-order valence-electron chi connectivity index (χ0n) is 9.05. The van der Waals surface area contributed by atoms with E-state index in [2.05, 4.69) is 5.32 Å². The molecule has 0 radical (unpaired) electrons. The van der Waals surface area contributed by atoms with Gasteiger partial charge in [-0.2, -0.15) is 0 Å². The van der Waals surface area contributed by atoms with Crippen molar-refractivity contribution < 1.29 is 13.9 Å². The Morgan fingerprint density at radius 3 is 2.87 bits per heavy atom. The molecule has 0 atom stereocenters. The lowest BCUT2D eigenvalue weighted by Crippen LogP contribution is -2.13. The molecule has 1 rings (SSSR count). The number of rotatable bonds is 6. The summed E-state index contributed by atoms with van der Waals surface area (Å²) in [5.41, 5.74) is 0.800. The van der Waals surface area contributed by atoms with Crippen molar-refractivity contribution in [3.8, 4) is 5.75 Å². The van der Waals surface area contributed by atoms with Gasteiger partial charge in [0.1, 0.15) is 11.6 Å². The predicted octanol–water partition coefficient (Wildman–Crippen LogP) is 1.92. The van der Waals surface area contributed by atoms with Gasteiger partial charge in [0.05, 0.1) is 0 Å². The van der Waals surface area contributed by atoms with Gasteiger partial charge < -0.3 is 14.8 Å². The highest BCUT2D eigenvalue weighted by atomic mass is 19.1. The van der Waals surface area contributed by atoms with E-state index >= 15 is 0 Å². The van der Waals surface area contributed by atoms with Crippen molar-refractivity contribution in [3.05, 3.63) is 29.6 Å². The third-order valence-electron chi connectivity index (χ3n) is 1.92. The number of ether oxygens (including phenoxy) is 2. The fraction of sp³-hybridized carbons (Fsp3) is 0.455. The van der Waals surface area contributed by atoms with Crippen molar-refractivity contribution in [2.45, 2.75) is 13.5 Å². The van der Waals surface area contributed by atoms with Crippen LogP contribution >= 0.6 is 0 Å². The third-order valence-corrected chi connectivity index (χ3v) is 1.92. The Bertz CT molecular complexity index is 305. The molecule has 0 fully saturated rings. The highest BCUT2D eigenvalue weighted by Gasteiger charge is 2.04. The molecule has 0 bridgehead atoms. The summed E-state index contributed by atoms with van der Waals surface area (Å²) in [5.74, 6) is 0.395. The molecule has 1 N–H and O–H groups in total. The van der Waals surface area contributed by atoms with E-state index in [-0.39, 0.29) is 12.6 Å². The van der Waals surface area contributed by atoms with Crippen LogP contribution in [0.4, 0.5) is 4.39 Å². The van der Waals surface area contributed by atoms with Crippen LogP contribution in [-0.4, -0.2) is 20.4 Å². The summed E-state index contributed by atoms with van der Waals surface area (Å²) < 4.78 is 23.1. The maximum Gasteiger partial charge on any atom is 0.188 e. The van der Waals surface area contributed by atoms with Gasteiger partial charge in [-0.05, 0) is 24.7 Å². The minimum atomic E-state index is -0.257. The Morgan fingerprint density at radius 1 is 1.40 bits per heavy atom. The largest absolute Gasteiger partial charge is 0.467 e. The zero-order chi connectivity index (χ0) is 11.1. The predicted molar refractivity (Wildman–Crippen MR) is 56.3 cm³/mol. The van der Waals surface area contributed by atoms with Crippen LogP contribution in [0.25, 0.3) is 0 Å². The molecular formula is C11H16FNO2. The fourth-order valence-electron chi connectivity index (χ4n) is 1.21. The summed E-state index contributed by atoms with van der Waals surface area (Å²) in [6.45, 7) is 3.59. The molecule has 0 aliphatic carbocycles. The number of halogens is 1. The van der Waals surface area contributed by atoms with Crippen LogP contribution in [0.2, 0.25) is 0 Å². The number of hydrogen-bond acceptors (Lipinski definition) is 3. The maximum atomic E-state index is 13.0. The minimum Gasteiger partial charge on any atom is -0.467 e. The second-order valence-electron chi connectivity index (χ2n) is 3.08. The van der Waals surface area contributed by atoms with Crippen molar-refractivity contribution in [2.24, 2.45) is 0 Å². The molecule has 0 aromatic heterocycles. The highest BCUT2D eigenvalue weighted by Crippen LogP contribution is 2.19. The van der Waals surface area contributed by atoms with Crippen molar-refractivity contribution in [1.29, 1.82) is 0 Å². The molecule has 0 saturated carbocycles. The van der Waals surface area contributed by atoms with Gasteiger partial charge >= 0.3 is 0 Å². The van der Waals surface area contributed by atoms with Gasteiger partial charge in [0, 0.05) is 19.2 Å². The SMILES string of the molecule is CCNCc1cc(F)ccc1OCOC. The van der Waals surface area contributed by atoms with Gasteiger partial charge in [0.15, 0.2) is 6.79 Å². The Kier molecular flexibility index (Phi) is 5.07. The Balaban J connectivity index is 2.73. The van der Waals surface area contributed by atoms with E-state index in [1.54, 1.807) is 13.2 Å². The average molecular weight is 213 g/mol. The monoisotopic (exact) mass is 213 g/mol. The van der Waals surface area contributed by atoms with E-state index in [0.29, 0.717) is 12.3 Å². The lowest BCUT2D eigenvalue weighted by atomic mass is 10.2. The first-order valence-corrected chi connectivity index (χ1v) is 4.88. The summed E-state index contributed by atoms with van der Waals surface area (Å²) in [6.07, 6.45) is 0. The number of hydrogen-bond donors (Lipinski definition) is 1. The molecule has 0 unspecified atom stereocenters. The van der Waals surface area contributed by atoms with E-state index in [1.165, 1.54) is 12.1 Å². The number of benzene rings is 1. The maximum absolute atomic E-state index is 13.0. The minimum absolute atomic E-state index is 0.171.